The number of nitrogens with one attached hydrogen (secondary N) is 1. The van der Waals surface area contributed by atoms with Crippen LogP contribution in [0.5, 0.6) is 5.75 Å². The van der Waals surface area contributed by atoms with Crippen molar-refractivity contribution in [1.82, 2.24) is 9.78 Å². The molecule has 0 aliphatic carbocycles. The third-order valence-corrected chi connectivity index (χ3v) is 3.16. The van der Waals surface area contributed by atoms with Crippen LogP contribution in [0.3, 0.4) is 0 Å². The zero-order valence-corrected chi connectivity index (χ0v) is 13.5. The third-order valence-electron chi connectivity index (χ3n) is 2.92. The second kappa shape index (κ2) is 6.70. The molecule has 7 nitrogen and oxygen atoms in total. The predicted octanol–water partition coefficient (Wildman–Crippen LogP) is 1.82. The van der Waals surface area contributed by atoms with Crippen molar-refractivity contribution < 1.29 is 14.3 Å². The predicted molar refractivity (Wildman–Crippen MR) is 86.2 cm³/mol. The van der Waals surface area contributed by atoms with Gasteiger partial charge in [0.2, 0.25) is 5.91 Å². The number of primary amides is 1. The summed E-state index contributed by atoms with van der Waals surface area (Å²) < 4.78 is 7.03. The summed E-state index contributed by atoms with van der Waals surface area (Å²) in [6, 6.07) is 6.79. The second-order valence-corrected chi connectivity index (χ2v) is 5.85. The monoisotopic (exact) mass is 336 g/mol. The molecule has 23 heavy (non-hydrogen) atoms. The van der Waals surface area contributed by atoms with Crippen molar-refractivity contribution in [3.8, 4) is 5.75 Å². The van der Waals surface area contributed by atoms with E-state index in [1.807, 2.05) is 0 Å². The van der Waals surface area contributed by atoms with E-state index < -0.39 is 11.5 Å². The molecule has 0 bridgehead atoms. The minimum absolute atomic E-state index is 0.0573. The van der Waals surface area contributed by atoms with Gasteiger partial charge in [0.1, 0.15) is 12.3 Å². The molecule has 3 N–H and O–H groups in total. The Bertz CT molecular complexity index is 727. The maximum atomic E-state index is 12.4. The van der Waals surface area contributed by atoms with Crippen LogP contribution in [0.1, 0.15) is 13.8 Å². The molecule has 0 spiro atoms. The van der Waals surface area contributed by atoms with Crippen LogP contribution in [0.25, 0.3) is 0 Å². The molecule has 0 saturated carbocycles. The lowest BCUT2D eigenvalue weighted by Crippen LogP contribution is -2.42. The minimum atomic E-state index is -1.13. The molecular formula is C15H17ClN4O3. The number of halogens is 1. The number of hydrogen-bond acceptors (Lipinski definition) is 4. The van der Waals surface area contributed by atoms with E-state index in [0.717, 1.165) is 0 Å². The number of benzene rings is 1. The summed E-state index contributed by atoms with van der Waals surface area (Å²) in [5.74, 6) is -0.395. The van der Waals surface area contributed by atoms with Crippen LogP contribution in [0, 0.1) is 0 Å². The van der Waals surface area contributed by atoms with Gasteiger partial charge >= 0.3 is 0 Å². The van der Waals surface area contributed by atoms with Crippen molar-refractivity contribution >= 4 is 29.1 Å². The van der Waals surface area contributed by atoms with Crippen LogP contribution in [0.15, 0.2) is 36.7 Å². The first-order valence-corrected chi connectivity index (χ1v) is 7.21. The number of anilines is 1. The highest BCUT2D eigenvalue weighted by atomic mass is 35.5. The molecule has 0 aliphatic rings. The second-order valence-electron chi connectivity index (χ2n) is 5.42. The normalized spacial score (nSPS) is 11.1. The molecule has 0 aliphatic heterocycles. The van der Waals surface area contributed by atoms with E-state index in [-0.39, 0.29) is 12.5 Å². The van der Waals surface area contributed by atoms with Crippen molar-refractivity contribution in [1.29, 1.82) is 0 Å². The van der Waals surface area contributed by atoms with Gasteiger partial charge in [-0.3, -0.25) is 14.3 Å². The first-order valence-electron chi connectivity index (χ1n) is 6.83. The minimum Gasteiger partial charge on any atom is -0.478 e. The Hall–Kier alpha value is -2.54. The average Bonchev–Trinajstić information content (AvgIpc) is 2.84. The molecule has 0 atom stereocenters. The average molecular weight is 337 g/mol. The molecule has 122 valence electrons. The summed E-state index contributed by atoms with van der Waals surface area (Å²) in [6.45, 7) is 3.21. The number of ether oxygens (including phenoxy) is 1. The van der Waals surface area contributed by atoms with Gasteiger partial charge in [-0.05, 0) is 32.0 Å². The van der Waals surface area contributed by atoms with Gasteiger partial charge in [0.05, 0.1) is 11.9 Å². The van der Waals surface area contributed by atoms with Gasteiger partial charge in [-0.1, -0.05) is 17.7 Å². The van der Waals surface area contributed by atoms with Gasteiger partial charge in [0, 0.05) is 11.2 Å². The summed E-state index contributed by atoms with van der Waals surface area (Å²) >= 11 is 5.90. The van der Waals surface area contributed by atoms with Crippen LogP contribution in [-0.4, -0.2) is 27.2 Å². The maximum Gasteiger partial charge on any atom is 0.268 e. The summed E-state index contributed by atoms with van der Waals surface area (Å²) in [4.78, 5) is 23.2. The zero-order valence-electron chi connectivity index (χ0n) is 12.7. The number of nitrogens with two attached hydrogens (primary N) is 1. The van der Waals surface area contributed by atoms with Crippen LogP contribution in [0.4, 0.5) is 5.69 Å². The van der Waals surface area contributed by atoms with Gasteiger partial charge in [0.25, 0.3) is 5.91 Å². The Morgan fingerprint density at radius 3 is 2.83 bits per heavy atom. The van der Waals surface area contributed by atoms with Gasteiger partial charge in [0.15, 0.2) is 5.60 Å². The van der Waals surface area contributed by atoms with E-state index in [9.17, 15) is 9.59 Å². The van der Waals surface area contributed by atoms with E-state index in [1.165, 1.54) is 17.1 Å². The van der Waals surface area contributed by atoms with Crippen molar-refractivity contribution in [2.45, 2.75) is 26.0 Å². The smallest absolute Gasteiger partial charge is 0.268 e. The Morgan fingerprint density at radius 2 is 2.17 bits per heavy atom. The number of carbonyl (C=O) groups excluding carboxylic acids is 2. The number of amides is 2. The summed E-state index contributed by atoms with van der Waals surface area (Å²) in [6.07, 6.45) is 2.94. The number of carbonyl (C=O) groups is 2. The standard InChI is InChI=1S/C15H17ClN4O3/c1-15(2,23-12-5-3-4-10(16)6-12)14(22)19-11-7-18-20(8-11)9-13(17)21/h3-8H,9H2,1-2H3,(H2,17,21)(H,19,22). The largest absolute Gasteiger partial charge is 0.478 e. The Balaban J connectivity index is 2.03. The van der Waals surface area contributed by atoms with Crippen molar-refractivity contribution in [3.63, 3.8) is 0 Å². The van der Waals surface area contributed by atoms with Crippen LogP contribution in [-0.2, 0) is 16.1 Å². The fourth-order valence-corrected chi connectivity index (χ4v) is 2.01. The third kappa shape index (κ3) is 4.72. The van der Waals surface area contributed by atoms with Crippen molar-refractivity contribution in [2.24, 2.45) is 5.73 Å². The fraction of sp³-hybridized carbons (Fsp3) is 0.267. The highest BCUT2D eigenvalue weighted by Gasteiger charge is 2.30. The molecule has 2 aromatic rings. The topological polar surface area (TPSA) is 99.2 Å². The molecule has 2 amide bonds. The highest BCUT2D eigenvalue weighted by Crippen LogP contribution is 2.23. The van der Waals surface area contributed by atoms with Crippen molar-refractivity contribution in [2.75, 3.05) is 5.32 Å². The molecule has 0 saturated heterocycles. The van der Waals surface area contributed by atoms with E-state index in [0.29, 0.717) is 16.5 Å². The lowest BCUT2D eigenvalue weighted by molar-refractivity contribution is -0.128. The van der Waals surface area contributed by atoms with Crippen LogP contribution >= 0.6 is 11.6 Å². The van der Waals surface area contributed by atoms with Gasteiger partial charge in [-0.25, -0.2) is 0 Å². The molecular weight excluding hydrogens is 320 g/mol. The molecule has 0 unspecified atom stereocenters. The van der Waals surface area contributed by atoms with Crippen LogP contribution in [0.2, 0.25) is 5.02 Å². The number of aromatic nitrogens is 2. The summed E-state index contributed by atoms with van der Waals surface area (Å²) in [5, 5.41) is 7.13. The lowest BCUT2D eigenvalue weighted by atomic mass is 10.1. The lowest BCUT2D eigenvalue weighted by Gasteiger charge is -2.25. The molecule has 0 fully saturated rings. The van der Waals surface area contributed by atoms with Crippen LogP contribution < -0.4 is 15.8 Å². The quantitative estimate of drug-likeness (QED) is 0.840. The number of rotatable bonds is 6. The summed E-state index contributed by atoms with van der Waals surface area (Å²) in [5.41, 5.74) is 4.40. The highest BCUT2D eigenvalue weighted by molar-refractivity contribution is 6.30. The molecule has 0 radical (unpaired) electrons. The summed E-state index contributed by atoms with van der Waals surface area (Å²) in [7, 11) is 0. The molecule has 1 aromatic heterocycles. The molecule has 1 heterocycles. The van der Waals surface area contributed by atoms with E-state index in [4.69, 9.17) is 22.1 Å². The number of nitrogens with zero attached hydrogens (tertiary/aromatic N) is 2. The van der Waals surface area contributed by atoms with E-state index >= 15 is 0 Å². The Morgan fingerprint density at radius 1 is 1.43 bits per heavy atom. The Labute approximate surface area is 138 Å². The molecule has 1 aromatic carbocycles. The first kappa shape index (κ1) is 16.8. The van der Waals surface area contributed by atoms with Gasteiger partial charge in [-0.15, -0.1) is 0 Å². The zero-order chi connectivity index (χ0) is 17.0. The van der Waals surface area contributed by atoms with E-state index in [2.05, 4.69) is 10.4 Å². The maximum absolute atomic E-state index is 12.4. The fourth-order valence-electron chi connectivity index (χ4n) is 1.83. The van der Waals surface area contributed by atoms with Crippen molar-refractivity contribution in [3.05, 3.63) is 41.7 Å². The first-order chi connectivity index (χ1) is 10.8. The van der Waals surface area contributed by atoms with E-state index in [1.54, 1.807) is 38.1 Å². The SMILES string of the molecule is CC(C)(Oc1cccc(Cl)c1)C(=O)Nc1cnn(CC(N)=O)c1. The van der Waals surface area contributed by atoms with Gasteiger partial charge < -0.3 is 15.8 Å². The molecule has 2 rings (SSSR count). The number of hydrogen-bond donors (Lipinski definition) is 2. The molecule has 8 heteroatoms. The van der Waals surface area contributed by atoms with Gasteiger partial charge in [-0.2, -0.15) is 5.10 Å². The Kier molecular flexibility index (Phi) is 4.90.